The number of nitrogens with one attached hydrogen (secondary N) is 5. The fourth-order valence-corrected chi connectivity index (χ4v) is 5.43. The molecule has 0 radical (unpaired) electrons. The number of hydrogen-bond acceptors (Lipinski definition) is 10. The van der Waals surface area contributed by atoms with E-state index in [1.54, 1.807) is 27.7 Å². The van der Waals surface area contributed by atoms with E-state index in [1.807, 2.05) is 13.8 Å². The van der Waals surface area contributed by atoms with Crippen LogP contribution in [0.15, 0.2) is 0 Å². The molecule has 6 amide bonds. The Morgan fingerprint density at radius 2 is 1.20 bits per heavy atom. The van der Waals surface area contributed by atoms with Crippen LogP contribution in [0.5, 0.6) is 0 Å². The van der Waals surface area contributed by atoms with Gasteiger partial charge in [-0.3, -0.25) is 28.8 Å². The Balaban J connectivity index is 3.14. The molecule has 0 aromatic rings. The van der Waals surface area contributed by atoms with Crippen LogP contribution in [0.1, 0.15) is 88.0 Å². The van der Waals surface area contributed by atoms with Crippen molar-refractivity contribution < 1.29 is 48.9 Å². The van der Waals surface area contributed by atoms with Crippen molar-refractivity contribution in [2.24, 2.45) is 23.5 Å². The summed E-state index contributed by atoms with van der Waals surface area (Å²) in [7, 11) is 0. The lowest BCUT2D eigenvalue weighted by Crippen LogP contribution is -2.61. The minimum Gasteiger partial charge on any atom is -0.480 e. The highest BCUT2D eigenvalue weighted by atomic mass is 16.4. The third-order valence-corrected chi connectivity index (χ3v) is 8.38. The van der Waals surface area contributed by atoms with Crippen molar-refractivity contribution in [3.63, 3.8) is 0 Å². The van der Waals surface area contributed by atoms with Crippen molar-refractivity contribution in [1.82, 2.24) is 31.5 Å². The highest BCUT2D eigenvalue weighted by Gasteiger charge is 2.41. The van der Waals surface area contributed by atoms with Crippen LogP contribution in [0.3, 0.4) is 0 Å². The summed E-state index contributed by atoms with van der Waals surface area (Å²) < 4.78 is 0. The lowest BCUT2D eigenvalue weighted by atomic mass is 10.0. The van der Waals surface area contributed by atoms with E-state index in [2.05, 4.69) is 26.6 Å². The summed E-state index contributed by atoms with van der Waals surface area (Å²) in [4.78, 5) is 92.1. The van der Waals surface area contributed by atoms with Crippen LogP contribution in [0.25, 0.3) is 0 Å². The molecule has 0 spiro atoms. The largest absolute Gasteiger partial charge is 0.480 e. The molecular weight excluding hydrogens is 654 g/mol. The van der Waals surface area contributed by atoms with Gasteiger partial charge in [-0.15, -0.1) is 0 Å². The molecule has 9 atom stereocenters. The van der Waals surface area contributed by atoms with E-state index < -0.39 is 95.9 Å². The Labute approximate surface area is 294 Å². The molecule has 1 fully saturated rings. The van der Waals surface area contributed by atoms with E-state index in [0.29, 0.717) is 6.42 Å². The van der Waals surface area contributed by atoms with Crippen molar-refractivity contribution in [2.75, 3.05) is 6.54 Å². The minimum atomic E-state index is -1.64. The fraction of sp³-hybridized carbons (Fsp3) is 0.788. The average Bonchev–Trinajstić information content (AvgIpc) is 3.49. The second-order valence-corrected chi connectivity index (χ2v) is 14.4. The highest BCUT2D eigenvalue weighted by Crippen LogP contribution is 2.21. The van der Waals surface area contributed by atoms with E-state index in [4.69, 9.17) is 5.73 Å². The van der Waals surface area contributed by atoms with Crippen LogP contribution in [0.4, 0.5) is 0 Å². The van der Waals surface area contributed by atoms with Gasteiger partial charge >= 0.3 is 5.97 Å². The molecule has 50 heavy (non-hydrogen) atoms. The zero-order chi connectivity index (χ0) is 38.6. The standard InChI is InChI=1S/C33H59N7O10/c1-15(2)13-21(28(44)39-26(20(9)42)33(49)50)36-31(47)25(19(8)41)38-29(45)23-11-10-12-40(23)32(48)22(14-16(3)4)37-27(43)18(7)35-30(46)24(34)17(5)6/h15-26,41-42H,10-14,34H2,1-9H3,(H,35,46)(H,36,47)(H,37,43)(H,38,45)(H,39,44)(H,49,50)/t18-,19+,20+,21-,22-,23-,24-,25-,26-/m0/s1. The van der Waals surface area contributed by atoms with Gasteiger partial charge in [0.15, 0.2) is 6.04 Å². The number of amides is 6. The van der Waals surface area contributed by atoms with Crippen LogP contribution < -0.4 is 32.3 Å². The predicted molar refractivity (Wildman–Crippen MR) is 183 cm³/mol. The number of nitrogens with two attached hydrogens (primary N) is 1. The number of nitrogens with zero attached hydrogens (tertiary/aromatic N) is 1. The van der Waals surface area contributed by atoms with Crippen molar-refractivity contribution in [3.05, 3.63) is 0 Å². The maximum absolute atomic E-state index is 13.8. The first-order valence-corrected chi connectivity index (χ1v) is 17.3. The van der Waals surface area contributed by atoms with Gasteiger partial charge in [-0.1, -0.05) is 41.5 Å². The Hall–Kier alpha value is -3.83. The first-order valence-electron chi connectivity index (χ1n) is 17.3. The Bertz CT molecular complexity index is 1210. The molecular formula is C33H59N7O10. The van der Waals surface area contributed by atoms with E-state index in [-0.39, 0.29) is 43.6 Å². The van der Waals surface area contributed by atoms with Gasteiger partial charge in [-0.2, -0.15) is 0 Å². The normalized spacial score (nSPS) is 19.4. The lowest BCUT2D eigenvalue weighted by molar-refractivity contribution is -0.145. The molecule has 1 rings (SSSR count). The van der Waals surface area contributed by atoms with Gasteiger partial charge in [0.25, 0.3) is 0 Å². The van der Waals surface area contributed by atoms with Crippen molar-refractivity contribution in [1.29, 1.82) is 0 Å². The molecule has 0 aromatic heterocycles. The molecule has 0 saturated carbocycles. The second-order valence-electron chi connectivity index (χ2n) is 14.4. The van der Waals surface area contributed by atoms with Gasteiger partial charge in [-0.05, 0) is 64.2 Å². The van der Waals surface area contributed by atoms with Gasteiger partial charge in [0.1, 0.15) is 30.2 Å². The smallest absolute Gasteiger partial charge is 0.328 e. The third kappa shape index (κ3) is 13.5. The molecule has 17 heteroatoms. The van der Waals surface area contributed by atoms with E-state index in [1.165, 1.54) is 25.7 Å². The van der Waals surface area contributed by atoms with Crippen LogP contribution in [0.2, 0.25) is 0 Å². The summed E-state index contributed by atoms with van der Waals surface area (Å²) >= 11 is 0. The van der Waals surface area contributed by atoms with Crippen molar-refractivity contribution >= 4 is 41.4 Å². The summed E-state index contributed by atoms with van der Waals surface area (Å²) in [6, 6.07) is -8.35. The van der Waals surface area contributed by atoms with Gasteiger partial charge < -0.3 is 52.5 Å². The molecule has 1 aliphatic rings. The fourth-order valence-electron chi connectivity index (χ4n) is 5.43. The van der Waals surface area contributed by atoms with Gasteiger partial charge in [0, 0.05) is 6.54 Å². The lowest BCUT2D eigenvalue weighted by Gasteiger charge is -2.32. The van der Waals surface area contributed by atoms with Gasteiger partial charge in [-0.25, -0.2) is 4.79 Å². The number of hydrogen-bond donors (Lipinski definition) is 9. The number of carbonyl (C=O) groups is 7. The van der Waals surface area contributed by atoms with E-state index in [9.17, 15) is 48.9 Å². The number of aliphatic hydroxyl groups is 2. The Morgan fingerprint density at radius 1 is 0.680 bits per heavy atom. The van der Waals surface area contributed by atoms with Crippen LogP contribution in [-0.2, 0) is 33.6 Å². The number of aliphatic hydroxyl groups excluding tert-OH is 2. The number of likely N-dealkylation sites (tertiary alicyclic amines) is 1. The molecule has 0 unspecified atom stereocenters. The number of carboxylic acid groups (broad SMARTS) is 1. The first-order chi connectivity index (χ1) is 23.1. The van der Waals surface area contributed by atoms with Crippen LogP contribution in [0, 0.1) is 17.8 Å². The maximum atomic E-state index is 13.8. The second kappa shape index (κ2) is 20.1. The topological polar surface area (TPSA) is 270 Å². The summed E-state index contributed by atoms with van der Waals surface area (Å²) in [6.07, 6.45) is -1.88. The summed E-state index contributed by atoms with van der Waals surface area (Å²) in [6.45, 7) is 14.9. The van der Waals surface area contributed by atoms with Gasteiger partial charge in [0.05, 0.1) is 18.2 Å². The summed E-state index contributed by atoms with van der Waals surface area (Å²) in [5.41, 5.74) is 5.89. The van der Waals surface area contributed by atoms with Crippen molar-refractivity contribution in [3.8, 4) is 0 Å². The number of rotatable bonds is 19. The zero-order valence-corrected chi connectivity index (χ0v) is 30.7. The molecule has 0 bridgehead atoms. The average molecular weight is 714 g/mol. The molecule has 0 aliphatic carbocycles. The number of carbonyl (C=O) groups excluding carboxylic acids is 6. The minimum absolute atomic E-state index is 0.0379. The molecule has 17 nitrogen and oxygen atoms in total. The monoisotopic (exact) mass is 713 g/mol. The molecule has 1 aliphatic heterocycles. The number of aliphatic carboxylic acids is 1. The van der Waals surface area contributed by atoms with Gasteiger partial charge in [0.2, 0.25) is 35.4 Å². The Kier molecular flexibility index (Phi) is 17.8. The molecule has 10 N–H and O–H groups in total. The highest BCUT2D eigenvalue weighted by molar-refractivity contribution is 5.97. The van der Waals surface area contributed by atoms with Crippen LogP contribution in [-0.4, -0.2) is 123 Å². The summed E-state index contributed by atoms with van der Waals surface area (Å²) in [5.74, 6) is -6.00. The number of carboxylic acids is 1. The quantitative estimate of drug-likeness (QED) is 0.0731. The summed E-state index contributed by atoms with van der Waals surface area (Å²) in [5, 5.41) is 42.1. The molecule has 286 valence electrons. The van der Waals surface area contributed by atoms with Crippen molar-refractivity contribution in [2.45, 2.75) is 142 Å². The van der Waals surface area contributed by atoms with E-state index >= 15 is 0 Å². The Morgan fingerprint density at radius 3 is 1.68 bits per heavy atom. The third-order valence-electron chi connectivity index (χ3n) is 8.38. The first kappa shape index (κ1) is 44.2. The molecule has 1 saturated heterocycles. The maximum Gasteiger partial charge on any atom is 0.328 e. The zero-order valence-electron chi connectivity index (χ0n) is 30.7. The van der Waals surface area contributed by atoms with E-state index in [0.717, 1.165) is 0 Å². The SMILES string of the molecule is CC(C)C[C@H](NC(=O)[C@@H](NC(=O)[C@@H]1CCCN1C(=O)[C@H](CC(C)C)NC(=O)[C@H](C)NC(=O)[C@@H](N)C(C)C)[C@@H](C)O)C(=O)N[C@H](C(=O)O)[C@@H](C)O. The van der Waals surface area contributed by atoms with Crippen LogP contribution >= 0.6 is 0 Å². The molecule has 1 heterocycles. The predicted octanol–water partition coefficient (Wildman–Crippen LogP) is -1.66. The molecule has 0 aromatic carbocycles.